The van der Waals surface area contributed by atoms with Crippen molar-refractivity contribution >= 4 is 22.6 Å². The van der Waals surface area contributed by atoms with Crippen molar-refractivity contribution in [3.63, 3.8) is 0 Å². The van der Waals surface area contributed by atoms with Gasteiger partial charge in [0.2, 0.25) is 5.24 Å². The summed E-state index contributed by atoms with van der Waals surface area (Å²) in [6.45, 7) is 6.36. The predicted molar refractivity (Wildman–Crippen MR) is 58.6 cm³/mol. The van der Waals surface area contributed by atoms with Crippen molar-refractivity contribution < 1.29 is 9.59 Å². The molecule has 3 heteroatoms. The van der Waals surface area contributed by atoms with Crippen LogP contribution >= 0.6 is 11.6 Å². The van der Waals surface area contributed by atoms with Gasteiger partial charge in [0.25, 0.3) is 0 Å². The molecule has 2 bridgehead atoms. The Morgan fingerprint density at radius 2 is 2.07 bits per heavy atom. The van der Waals surface area contributed by atoms with E-state index in [1.807, 2.05) is 6.92 Å². The molecule has 0 aliphatic heterocycles. The maximum atomic E-state index is 12.2. The molecule has 0 spiro atoms. The summed E-state index contributed by atoms with van der Waals surface area (Å²) >= 11 is 5.41. The van der Waals surface area contributed by atoms with Gasteiger partial charge in [0.05, 0.1) is 0 Å². The van der Waals surface area contributed by atoms with Gasteiger partial charge < -0.3 is 0 Å². The highest BCUT2D eigenvalue weighted by Gasteiger charge is 2.65. The average Bonchev–Trinajstić information content (AvgIpc) is 2.40. The Bertz CT molecular complexity index is 335. The fourth-order valence-corrected chi connectivity index (χ4v) is 3.85. The summed E-state index contributed by atoms with van der Waals surface area (Å²) < 4.78 is 0. The van der Waals surface area contributed by atoms with E-state index in [0.717, 1.165) is 12.8 Å². The molecule has 15 heavy (non-hydrogen) atoms. The first-order valence-corrected chi connectivity index (χ1v) is 5.91. The molecule has 0 saturated heterocycles. The molecular weight excluding hydrogens is 212 g/mol. The third kappa shape index (κ3) is 1.24. The molecule has 2 saturated carbocycles. The minimum Gasteiger partial charge on any atom is -0.299 e. The second-order valence-corrected chi connectivity index (χ2v) is 6.15. The summed E-state index contributed by atoms with van der Waals surface area (Å²) in [4.78, 5) is 23.2. The van der Waals surface area contributed by atoms with Crippen LogP contribution in [0.15, 0.2) is 0 Å². The second kappa shape index (κ2) is 3.07. The van der Waals surface area contributed by atoms with Gasteiger partial charge in [-0.2, -0.15) is 0 Å². The fraction of sp³-hybridized carbons (Fsp3) is 0.833. The van der Waals surface area contributed by atoms with Crippen LogP contribution in [-0.2, 0) is 9.59 Å². The van der Waals surface area contributed by atoms with Crippen molar-refractivity contribution in [1.82, 2.24) is 0 Å². The minimum atomic E-state index is -0.375. The van der Waals surface area contributed by atoms with E-state index in [2.05, 4.69) is 13.8 Å². The van der Waals surface area contributed by atoms with Crippen LogP contribution in [0.4, 0.5) is 0 Å². The number of halogens is 1. The number of hydrogen-bond acceptors (Lipinski definition) is 2. The highest BCUT2D eigenvalue weighted by molar-refractivity contribution is 6.63. The van der Waals surface area contributed by atoms with Gasteiger partial charge in [0.15, 0.2) is 0 Å². The van der Waals surface area contributed by atoms with E-state index < -0.39 is 0 Å². The lowest BCUT2D eigenvalue weighted by atomic mass is 9.70. The van der Waals surface area contributed by atoms with Crippen LogP contribution in [0.5, 0.6) is 0 Å². The van der Waals surface area contributed by atoms with Crippen LogP contribution in [0.3, 0.4) is 0 Å². The Morgan fingerprint density at radius 1 is 1.47 bits per heavy atom. The van der Waals surface area contributed by atoms with Crippen molar-refractivity contribution in [3.05, 3.63) is 0 Å². The zero-order valence-corrected chi connectivity index (χ0v) is 10.2. The number of carbonyl (C=O) groups is 2. The van der Waals surface area contributed by atoms with Gasteiger partial charge in [0.1, 0.15) is 5.78 Å². The van der Waals surface area contributed by atoms with E-state index in [0.29, 0.717) is 5.92 Å². The summed E-state index contributed by atoms with van der Waals surface area (Å²) in [5, 5.41) is -0.375. The van der Waals surface area contributed by atoms with Gasteiger partial charge in [-0.15, -0.1) is 0 Å². The predicted octanol–water partition coefficient (Wildman–Crippen LogP) is 2.78. The smallest absolute Gasteiger partial charge is 0.222 e. The first-order valence-electron chi connectivity index (χ1n) is 5.53. The topological polar surface area (TPSA) is 34.1 Å². The second-order valence-electron chi connectivity index (χ2n) is 5.73. The third-order valence-electron chi connectivity index (χ3n) is 5.05. The molecule has 2 rings (SSSR count). The standard InChI is InChI=1S/C12H17ClO2/c1-11(2)8-4-5-12(11,3)10(15)7(8)6-9(13)14/h7-8H,4-6H2,1-3H3/t7?,8?,12-/m0/s1. The number of fused-ring (bicyclic) bond motifs is 2. The molecule has 0 aromatic carbocycles. The maximum absolute atomic E-state index is 12.2. The molecule has 2 aliphatic rings. The third-order valence-corrected chi connectivity index (χ3v) is 5.21. The maximum Gasteiger partial charge on any atom is 0.222 e. The lowest BCUT2D eigenvalue weighted by Crippen LogP contribution is -2.33. The van der Waals surface area contributed by atoms with Crippen LogP contribution < -0.4 is 0 Å². The Balaban J connectivity index is 2.34. The summed E-state index contributed by atoms with van der Waals surface area (Å²) in [7, 11) is 0. The molecule has 0 heterocycles. The molecule has 0 radical (unpaired) electrons. The van der Waals surface area contributed by atoms with E-state index in [4.69, 9.17) is 11.6 Å². The van der Waals surface area contributed by atoms with Crippen molar-refractivity contribution in [1.29, 1.82) is 0 Å². The van der Waals surface area contributed by atoms with Crippen molar-refractivity contribution in [2.24, 2.45) is 22.7 Å². The molecular formula is C12H17ClO2. The van der Waals surface area contributed by atoms with Crippen LogP contribution in [0, 0.1) is 22.7 Å². The lowest BCUT2D eigenvalue weighted by Gasteiger charge is -2.32. The summed E-state index contributed by atoms with van der Waals surface area (Å²) in [6, 6.07) is 0. The van der Waals surface area contributed by atoms with Crippen LogP contribution in [0.1, 0.15) is 40.0 Å². The van der Waals surface area contributed by atoms with Gasteiger partial charge in [0, 0.05) is 17.8 Å². The van der Waals surface area contributed by atoms with Crippen LogP contribution in [-0.4, -0.2) is 11.0 Å². The molecule has 0 N–H and O–H groups in total. The van der Waals surface area contributed by atoms with Crippen LogP contribution in [0.2, 0.25) is 0 Å². The Kier molecular flexibility index (Phi) is 2.27. The van der Waals surface area contributed by atoms with Gasteiger partial charge in [-0.25, -0.2) is 0 Å². The zero-order chi connectivity index (χ0) is 11.4. The normalized spacial score (nSPS) is 42.3. The minimum absolute atomic E-state index is 0.0289. The molecule has 84 valence electrons. The van der Waals surface area contributed by atoms with E-state index in [9.17, 15) is 9.59 Å². The monoisotopic (exact) mass is 228 g/mol. The highest BCUT2D eigenvalue weighted by atomic mass is 35.5. The number of rotatable bonds is 2. The largest absolute Gasteiger partial charge is 0.299 e. The quantitative estimate of drug-likeness (QED) is 0.681. The van der Waals surface area contributed by atoms with Gasteiger partial charge in [-0.1, -0.05) is 20.8 Å². The number of Topliss-reactive ketones (excluding diaryl/α,β-unsaturated/α-hetero) is 1. The Hall–Kier alpha value is -0.370. The van der Waals surface area contributed by atoms with Gasteiger partial charge in [-0.3, -0.25) is 9.59 Å². The van der Waals surface area contributed by atoms with Crippen molar-refractivity contribution in [2.45, 2.75) is 40.0 Å². The molecule has 0 aromatic rings. The van der Waals surface area contributed by atoms with Crippen molar-refractivity contribution in [3.8, 4) is 0 Å². The van der Waals surface area contributed by atoms with Crippen LogP contribution in [0.25, 0.3) is 0 Å². The average molecular weight is 229 g/mol. The Labute approximate surface area is 95.4 Å². The van der Waals surface area contributed by atoms with Gasteiger partial charge >= 0.3 is 0 Å². The summed E-state index contributed by atoms with van der Waals surface area (Å²) in [6.07, 6.45) is 2.25. The molecule has 0 amide bonds. The molecule has 2 fully saturated rings. The SMILES string of the molecule is CC1(C)C2CC[C@@]1(C)C(=O)C2CC(=O)Cl. The molecule has 2 nitrogen and oxygen atoms in total. The van der Waals surface area contributed by atoms with E-state index in [-0.39, 0.29) is 34.2 Å². The highest BCUT2D eigenvalue weighted by Crippen LogP contribution is 2.66. The van der Waals surface area contributed by atoms with Gasteiger partial charge in [-0.05, 0) is 35.8 Å². The van der Waals surface area contributed by atoms with E-state index in [1.54, 1.807) is 0 Å². The summed E-state index contributed by atoms with van der Waals surface area (Å²) in [5.74, 6) is 0.485. The first-order chi connectivity index (χ1) is 6.80. The molecule has 0 aromatic heterocycles. The molecule has 2 unspecified atom stereocenters. The number of ketones is 1. The van der Waals surface area contributed by atoms with E-state index in [1.165, 1.54) is 0 Å². The fourth-order valence-electron chi connectivity index (χ4n) is 3.68. The van der Waals surface area contributed by atoms with Crippen molar-refractivity contribution in [2.75, 3.05) is 0 Å². The molecule has 2 aliphatic carbocycles. The summed E-state index contributed by atoms with van der Waals surface area (Å²) in [5.41, 5.74) is -0.199. The Morgan fingerprint density at radius 3 is 2.47 bits per heavy atom. The first kappa shape index (κ1) is 11.1. The lowest BCUT2D eigenvalue weighted by molar-refractivity contribution is -0.133. The van der Waals surface area contributed by atoms with E-state index >= 15 is 0 Å². The number of hydrogen-bond donors (Lipinski definition) is 0. The molecule has 3 atom stereocenters. The zero-order valence-electron chi connectivity index (χ0n) is 9.47. The number of carbonyl (C=O) groups excluding carboxylic acids is 2.